The zero-order chi connectivity index (χ0) is 26.8. The molecule has 1 aliphatic rings. The first-order valence-electron chi connectivity index (χ1n) is 12.3. The van der Waals surface area contributed by atoms with Gasteiger partial charge < -0.3 is 5.11 Å². The lowest BCUT2D eigenvalue weighted by molar-refractivity contribution is -0.137. The zero-order valence-corrected chi connectivity index (χ0v) is 23.9. The number of amides is 1. The molecular weight excluding hydrogens is 610 g/mol. The second kappa shape index (κ2) is 11.2. The molecule has 1 aromatic heterocycles. The van der Waals surface area contributed by atoms with Crippen molar-refractivity contribution in [2.24, 2.45) is 5.10 Å². The van der Waals surface area contributed by atoms with Crippen molar-refractivity contribution < 1.29 is 14.7 Å². The monoisotopic (exact) mass is 633 g/mol. The summed E-state index contributed by atoms with van der Waals surface area (Å²) in [6.45, 7) is 1.98. The average molecular weight is 635 g/mol. The van der Waals surface area contributed by atoms with Crippen molar-refractivity contribution in [1.82, 2.24) is 9.99 Å². The molecule has 1 aliphatic heterocycles. The van der Waals surface area contributed by atoms with Crippen LogP contribution in [-0.4, -0.2) is 32.7 Å². The van der Waals surface area contributed by atoms with Crippen molar-refractivity contribution in [3.05, 3.63) is 98.6 Å². The smallest absolute Gasteiger partial charge is 0.303 e. The van der Waals surface area contributed by atoms with E-state index in [9.17, 15) is 9.59 Å². The number of aromatic nitrogens is 1. The predicted octanol–water partition coefficient (Wildman–Crippen LogP) is 7.67. The summed E-state index contributed by atoms with van der Waals surface area (Å²) in [5, 5.41) is 16.5. The second-order valence-electron chi connectivity index (χ2n) is 9.28. The first kappa shape index (κ1) is 26.3. The summed E-state index contributed by atoms with van der Waals surface area (Å²) in [5.74, 6) is -1.10. The number of hydrogen-bond donors (Lipinski definition) is 1. The summed E-state index contributed by atoms with van der Waals surface area (Å²) >= 11 is 7.11. The number of hydrogen-bond acceptors (Lipinski definition) is 4. The molecule has 0 saturated carbocycles. The van der Waals surface area contributed by atoms with Gasteiger partial charge in [-0.3, -0.25) is 14.6 Å². The summed E-state index contributed by atoms with van der Waals surface area (Å²) < 4.78 is 1.90. The van der Waals surface area contributed by atoms with Crippen LogP contribution in [0, 0.1) is 6.92 Å². The molecule has 5 rings (SSSR count). The molecule has 0 radical (unpaired) electrons. The minimum absolute atomic E-state index is 0.0557. The van der Waals surface area contributed by atoms with Gasteiger partial charge in [0.1, 0.15) is 0 Å². The number of halogens is 2. The molecule has 1 amide bonds. The van der Waals surface area contributed by atoms with E-state index >= 15 is 0 Å². The van der Waals surface area contributed by atoms with Gasteiger partial charge in [-0.15, -0.1) is 0 Å². The molecule has 0 spiro atoms. The van der Waals surface area contributed by atoms with E-state index in [2.05, 4.69) is 50.1 Å². The minimum Gasteiger partial charge on any atom is -0.481 e. The highest BCUT2D eigenvalue weighted by atomic mass is 79.9. The molecule has 0 unspecified atom stereocenters. The van der Waals surface area contributed by atoms with Crippen molar-refractivity contribution in [3.63, 3.8) is 0 Å². The fraction of sp³-hybridized carbons (Fsp3) is 0.200. The maximum atomic E-state index is 13.3. The highest BCUT2D eigenvalue weighted by Crippen LogP contribution is 2.40. The third-order valence-electron chi connectivity index (χ3n) is 6.68. The number of carboxylic acids is 1. The molecule has 1 N–H and O–H groups in total. The number of fused-ring (bicyclic) bond motifs is 1. The molecule has 0 fully saturated rings. The standard InChI is InChI=1S/C30H25Br2N3O3/c1-18-29(30(20-6-3-2-4-7-20)23-16-22(32)14-15-24(23)33-18)25-17-26(19-10-12-21(31)13-11-19)35(34-25)27(36)8-5-9-28(37)38/h2-4,6-7,10-16,26H,5,8-9,17H2,1H3,(H,37,38)/t26-/m0/s1. The number of carbonyl (C=O) groups excluding carboxylic acids is 1. The zero-order valence-electron chi connectivity index (χ0n) is 20.7. The van der Waals surface area contributed by atoms with Gasteiger partial charge in [0.05, 0.1) is 17.3 Å². The summed E-state index contributed by atoms with van der Waals surface area (Å²) in [5.41, 5.74) is 6.48. The Kier molecular flexibility index (Phi) is 7.72. The lowest BCUT2D eigenvalue weighted by Crippen LogP contribution is -2.27. The Balaban J connectivity index is 1.65. The Morgan fingerprint density at radius 3 is 2.37 bits per heavy atom. The van der Waals surface area contributed by atoms with Gasteiger partial charge >= 0.3 is 5.97 Å². The molecule has 0 bridgehead atoms. The van der Waals surface area contributed by atoms with E-state index in [1.807, 2.05) is 61.5 Å². The summed E-state index contributed by atoms with van der Waals surface area (Å²) in [4.78, 5) is 29.3. The van der Waals surface area contributed by atoms with Gasteiger partial charge in [0, 0.05) is 50.4 Å². The number of rotatable bonds is 7. The molecule has 192 valence electrons. The topological polar surface area (TPSA) is 82.9 Å². The van der Waals surface area contributed by atoms with Gasteiger partial charge in [0.15, 0.2) is 0 Å². The van der Waals surface area contributed by atoms with Gasteiger partial charge in [-0.05, 0) is 54.8 Å². The first-order chi connectivity index (χ1) is 18.3. The number of carboxylic acid groups (broad SMARTS) is 1. The normalized spacial score (nSPS) is 15.1. The Bertz CT molecular complexity index is 1550. The third kappa shape index (κ3) is 5.42. The quantitative estimate of drug-likeness (QED) is 0.226. The predicted molar refractivity (Wildman–Crippen MR) is 156 cm³/mol. The second-order valence-corrected chi connectivity index (χ2v) is 11.1. The Labute approximate surface area is 237 Å². The largest absolute Gasteiger partial charge is 0.481 e. The maximum Gasteiger partial charge on any atom is 0.303 e. The Hall–Kier alpha value is -3.36. The average Bonchev–Trinajstić information content (AvgIpc) is 3.34. The van der Waals surface area contributed by atoms with Gasteiger partial charge in [0.2, 0.25) is 5.91 Å². The van der Waals surface area contributed by atoms with Gasteiger partial charge in [-0.2, -0.15) is 5.10 Å². The van der Waals surface area contributed by atoms with Crippen LogP contribution in [0.2, 0.25) is 0 Å². The molecule has 0 saturated heterocycles. The maximum absolute atomic E-state index is 13.3. The van der Waals surface area contributed by atoms with Crippen LogP contribution in [0.1, 0.15) is 48.5 Å². The van der Waals surface area contributed by atoms with E-state index in [1.54, 1.807) is 5.01 Å². The number of aryl methyl sites for hydroxylation is 1. The van der Waals surface area contributed by atoms with Crippen LogP contribution in [0.3, 0.4) is 0 Å². The van der Waals surface area contributed by atoms with Crippen LogP contribution >= 0.6 is 31.9 Å². The lowest BCUT2D eigenvalue weighted by atomic mass is 9.89. The number of hydrazone groups is 1. The summed E-state index contributed by atoms with van der Waals surface area (Å²) in [7, 11) is 0. The van der Waals surface area contributed by atoms with Crippen molar-refractivity contribution in [2.75, 3.05) is 0 Å². The van der Waals surface area contributed by atoms with Crippen LogP contribution in [0.15, 0.2) is 86.8 Å². The highest BCUT2D eigenvalue weighted by molar-refractivity contribution is 9.10. The lowest BCUT2D eigenvalue weighted by Gasteiger charge is -2.22. The molecule has 38 heavy (non-hydrogen) atoms. The van der Waals surface area contributed by atoms with Crippen molar-refractivity contribution >= 4 is 60.4 Å². The Morgan fingerprint density at radius 1 is 0.947 bits per heavy atom. The molecule has 3 aromatic carbocycles. The summed E-state index contributed by atoms with van der Waals surface area (Å²) in [6, 6.07) is 23.8. The van der Waals surface area contributed by atoms with Crippen LogP contribution in [-0.2, 0) is 9.59 Å². The van der Waals surface area contributed by atoms with E-state index in [0.29, 0.717) is 6.42 Å². The van der Waals surface area contributed by atoms with Crippen LogP contribution in [0.5, 0.6) is 0 Å². The molecule has 8 heteroatoms. The van der Waals surface area contributed by atoms with Crippen LogP contribution in [0.4, 0.5) is 0 Å². The van der Waals surface area contributed by atoms with Gasteiger partial charge in [-0.1, -0.05) is 74.3 Å². The summed E-state index contributed by atoms with van der Waals surface area (Å²) in [6.07, 6.45) is 0.847. The van der Waals surface area contributed by atoms with E-state index < -0.39 is 5.97 Å². The van der Waals surface area contributed by atoms with Crippen LogP contribution < -0.4 is 0 Å². The van der Waals surface area contributed by atoms with Crippen molar-refractivity contribution in [3.8, 4) is 11.1 Å². The number of pyridine rings is 1. The number of benzene rings is 3. The third-order valence-corrected chi connectivity index (χ3v) is 7.70. The highest BCUT2D eigenvalue weighted by Gasteiger charge is 2.35. The van der Waals surface area contributed by atoms with E-state index in [4.69, 9.17) is 15.2 Å². The Morgan fingerprint density at radius 2 is 1.66 bits per heavy atom. The molecular formula is C30H25Br2N3O3. The minimum atomic E-state index is -0.913. The fourth-order valence-corrected chi connectivity index (χ4v) is 5.58. The van der Waals surface area contributed by atoms with Crippen molar-refractivity contribution in [1.29, 1.82) is 0 Å². The van der Waals surface area contributed by atoms with Crippen LogP contribution in [0.25, 0.3) is 22.0 Å². The fourth-order valence-electron chi connectivity index (χ4n) is 4.96. The van der Waals surface area contributed by atoms with E-state index in [1.165, 1.54) is 0 Å². The molecule has 0 aliphatic carbocycles. The number of aliphatic carboxylic acids is 1. The first-order valence-corrected chi connectivity index (χ1v) is 13.9. The van der Waals surface area contributed by atoms with Crippen molar-refractivity contribution in [2.45, 2.75) is 38.6 Å². The van der Waals surface area contributed by atoms with E-state index in [0.717, 1.165) is 53.5 Å². The number of nitrogens with zero attached hydrogens (tertiary/aromatic N) is 3. The molecule has 1 atom stereocenters. The molecule has 4 aromatic rings. The molecule has 2 heterocycles. The molecule has 6 nitrogen and oxygen atoms in total. The number of carbonyl (C=O) groups is 2. The van der Waals surface area contributed by atoms with Gasteiger partial charge in [-0.25, -0.2) is 5.01 Å². The van der Waals surface area contributed by atoms with Gasteiger partial charge in [0.25, 0.3) is 0 Å². The SMILES string of the molecule is Cc1nc2ccc(Br)cc2c(-c2ccccc2)c1C1=NN(C(=O)CCCC(=O)O)[C@H](c2ccc(Br)cc2)C1. The van der Waals surface area contributed by atoms with E-state index in [-0.39, 0.29) is 31.2 Å².